The molecule has 9 nitrogen and oxygen atoms in total. The Morgan fingerprint density at radius 1 is 0.525 bits per heavy atom. The van der Waals surface area contributed by atoms with Crippen LogP contribution in [0.1, 0.15) is 200 Å². The Kier molecular flexibility index (Phi) is 41.4. The average molecular weight is 878 g/mol. The number of esters is 2. The summed E-state index contributed by atoms with van der Waals surface area (Å²) in [5.41, 5.74) is 0. The van der Waals surface area contributed by atoms with Crippen LogP contribution in [0.3, 0.4) is 0 Å². The van der Waals surface area contributed by atoms with Crippen molar-refractivity contribution in [2.24, 2.45) is 0 Å². The number of ether oxygens (including phenoxy) is 2. The maximum Gasteiger partial charge on any atom is 0.306 e. The standard InChI is InChI=1S/C51H92NO8P/c1-6-8-10-12-14-16-18-20-21-22-23-24-25-26-27-28-29-30-31-32-34-36-38-40-42-44-51(54)60-49(48-59-61(55,56)58-46-45-52(3,4)5)47-57-50(53)43-41-39-37-35-33-19-17-15-13-11-9-7-2/h8,10,14,16,20-21,23-24,26-27,49H,6-7,9,11-13,15,17-19,22,25,28-48H2,1-5H3/b10-8-,16-14-,21-20-,24-23-,27-26-. The lowest BCUT2D eigenvalue weighted by Crippen LogP contribution is -2.37. The fourth-order valence-corrected chi connectivity index (χ4v) is 7.23. The highest BCUT2D eigenvalue weighted by molar-refractivity contribution is 7.45. The van der Waals surface area contributed by atoms with Gasteiger partial charge in [-0.15, -0.1) is 0 Å². The van der Waals surface area contributed by atoms with Gasteiger partial charge in [0.05, 0.1) is 27.7 Å². The Morgan fingerprint density at radius 3 is 1.39 bits per heavy atom. The zero-order chi connectivity index (χ0) is 45.0. The minimum absolute atomic E-state index is 0.0332. The number of hydrogen-bond acceptors (Lipinski definition) is 8. The zero-order valence-corrected chi connectivity index (χ0v) is 40.7. The third kappa shape index (κ3) is 47.0. The number of nitrogens with zero attached hydrogens (tertiary/aromatic N) is 1. The van der Waals surface area contributed by atoms with Gasteiger partial charge in [-0.3, -0.25) is 14.2 Å². The summed E-state index contributed by atoms with van der Waals surface area (Å²) >= 11 is 0. The quantitative estimate of drug-likeness (QED) is 0.0196. The molecular formula is C51H92NO8P. The molecule has 0 saturated heterocycles. The summed E-state index contributed by atoms with van der Waals surface area (Å²) in [5, 5.41) is 0. The normalized spacial score (nSPS) is 14.0. The van der Waals surface area contributed by atoms with E-state index in [0.29, 0.717) is 17.4 Å². The summed E-state index contributed by atoms with van der Waals surface area (Å²) in [7, 11) is 1.16. The minimum atomic E-state index is -4.63. The lowest BCUT2D eigenvalue weighted by molar-refractivity contribution is -0.870. The first kappa shape index (κ1) is 58.7. The highest BCUT2D eigenvalue weighted by Crippen LogP contribution is 2.38. The predicted octanol–water partition coefficient (Wildman–Crippen LogP) is 13.8. The van der Waals surface area contributed by atoms with E-state index < -0.39 is 26.5 Å². The molecule has 0 rings (SSSR count). The molecule has 0 aromatic heterocycles. The smallest absolute Gasteiger partial charge is 0.306 e. The molecule has 0 amide bonds. The maximum atomic E-state index is 12.7. The van der Waals surface area contributed by atoms with Crippen molar-refractivity contribution in [1.29, 1.82) is 0 Å². The molecule has 0 aromatic rings. The van der Waals surface area contributed by atoms with Crippen LogP contribution in [0.15, 0.2) is 60.8 Å². The molecule has 0 radical (unpaired) electrons. The number of likely N-dealkylation sites (N-methyl/N-ethyl adjacent to an activating group) is 1. The van der Waals surface area contributed by atoms with Crippen molar-refractivity contribution in [1.82, 2.24) is 0 Å². The van der Waals surface area contributed by atoms with Crippen molar-refractivity contribution < 1.29 is 42.1 Å². The lowest BCUT2D eigenvalue weighted by Gasteiger charge is -2.28. The Labute approximate surface area is 375 Å². The van der Waals surface area contributed by atoms with E-state index >= 15 is 0 Å². The van der Waals surface area contributed by atoms with Crippen LogP contribution in [0.25, 0.3) is 0 Å². The highest BCUT2D eigenvalue weighted by atomic mass is 31.2. The third-order valence-corrected chi connectivity index (χ3v) is 11.3. The van der Waals surface area contributed by atoms with Crippen molar-refractivity contribution in [3.8, 4) is 0 Å². The van der Waals surface area contributed by atoms with E-state index in [0.717, 1.165) is 77.0 Å². The molecule has 0 heterocycles. The molecule has 0 aliphatic rings. The maximum absolute atomic E-state index is 12.7. The SMILES string of the molecule is CC/C=C\C/C=C\C/C=C\C/C=C\C/C=C\CCCCCCCCCCCC(=O)OC(COC(=O)CCCCCCCCCCCCCC)COP(=O)([O-])OCC[N+](C)(C)C. The summed E-state index contributed by atoms with van der Waals surface area (Å²) in [6.45, 7) is 4.11. The third-order valence-electron chi connectivity index (χ3n) is 10.3. The number of carbonyl (C=O) groups is 2. The lowest BCUT2D eigenvalue weighted by atomic mass is 10.0. The van der Waals surface area contributed by atoms with Gasteiger partial charge in [0.15, 0.2) is 6.10 Å². The highest BCUT2D eigenvalue weighted by Gasteiger charge is 2.21. The summed E-state index contributed by atoms with van der Waals surface area (Å²) in [6.07, 6.45) is 52.5. The number of hydrogen-bond donors (Lipinski definition) is 0. The van der Waals surface area contributed by atoms with Gasteiger partial charge in [-0.1, -0.05) is 190 Å². The molecule has 0 N–H and O–H groups in total. The van der Waals surface area contributed by atoms with E-state index in [1.807, 2.05) is 21.1 Å². The first-order chi connectivity index (χ1) is 29.5. The number of rotatable bonds is 44. The molecule has 0 aromatic carbocycles. The Hall–Kier alpha value is -2.29. The largest absolute Gasteiger partial charge is 0.756 e. The average Bonchev–Trinajstić information content (AvgIpc) is 3.21. The predicted molar refractivity (Wildman–Crippen MR) is 254 cm³/mol. The van der Waals surface area contributed by atoms with Crippen molar-refractivity contribution in [2.75, 3.05) is 47.5 Å². The summed E-state index contributed by atoms with van der Waals surface area (Å²) < 4.78 is 34.0. The van der Waals surface area contributed by atoms with Crippen LogP contribution in [0.5, 0.6) is 0 Å². The molecule has 0 spiro atoms. The summed E-state index contributed by atoms with van der Waals surface area (Å²) in [4.78, 5) is 37.6. The van der Waals surface area contributed by atoms with Crippen molar-refractivity contribution in [3.05, 3.63) is 60.8 Å². The van der Waals surface area contributed by atoms with Gasteiger partial charge in [0.1, 0.15) is 19.8 Å². The molecule has 0 aliphatic carbocycles. The number of phosphoric ester groups is 1. The second-order valence-electron chi connectivity index (χ2n) is 17.5. The van der Waals surface area contributed by atoms with Gasteiger partial charge in [-0.05, 0) is 57.8 Å². The molecule has 2 atom stereocenters. The molecule has 0 aliphatic heterocycles. The molecule has 61 heavy (non-hydrogen) atoms. The van der Waals surface area contributed by atoms with E-state index in [4.69, 9.17) is 18.5 Å². The van der Waals surface area contributed by atoms with Gasteiger partial charge in [0, 0.05) is 12.8 Å². The van der Waals surface area contributed by atoms with Gasteiger partial charge in [-0.2, -0.15) is 0 Å². The number of unbranched alkanes of at least 4 members (excludes halogenated alkanes) is 20. The van der Waals surface area contributed by atoms with Crippen LogP contribution in [-0.4, -0.2) is 70.0 Å². The van der Waals surface area contributed by atoms with Crippen molar-refractivity contribution >= 4 is 19.8 Å². The van der Waals surface area contributed by atoms with E-state index in [-0.39, 0.29) is 32.0 Å². The van der Waals surface area contributed by atoms with Crippen LogP contribution < -0.4 is 4.89 Å². The monoisotopic (exact) mass is 878 g/mol. The van der Waals surface area contributed by atoms with Crippen LogP contribution in [0.2, 0.25) is 0 Å². The van der Waals surface area contributed by atoms with E-state index in [1.54, 1.807) is 0 Å². The fourth-order valence-electron chi connectivity index (χ4n) is 6.51. The summed E-state index contributed by atoms with van der Waals surface area (Å²) in [6, 6.07) is 0. The van der Waals surface area contributed by atoms with Crippen LogP contribution in [0, 0.1) is 0 Å². The molecule has 354 valence electrons. The van der Waals surface area contributed by atoms with Crippen molar-refractivity contribution in [3.63, 3.8) is 0 Å². The van der Waals surface area contributed by atoms with Gasteiger partial charge >= 0.3 is 11.9 Å². The van der Waals surface area contributed by atoms with Crippen molar-refractivity contribution in [2.45, 2.75) is 206 Å². The first-order valence-electron chi connectivity index (χ1n) is 24.5. The number of phosphoric acid groups is 1. The molecule has 0 bridgehead atoms. The van der Waals surface area contributed by atoms with Gasteiger partial charge in [-0.25, -0.2) is 0 Å². The Bertz CT molecular complexity index is 1220. The number of allylic oxidation sites excluding steroid dienone is 10. The number of carbonyl (C=O) groups excluding carboxylic acids is 2. The number of quaternary nitrogens is 1. The Morgan fingerprint density at radius 2 is 0.934 bits per heavy atom. The minimum Gasteiger partial charge on any atom is -0.756 e. The van der Waals surface area contributed by atoms with Gasteiger partial charge in [0.25, 0.3) is 7.82 Å². The van der Waals surface area contributed by atoms with Gasteiger partial charge in [0.2, 0.25) is 0 Å². The second kappa shape index (κ2) is 43.0. The van der Waals surface area contributed by atoms with Crippen LogP contribution >= 0.6 is 7.82 Å². The molecular weight excluding hydrogens is 786 g/mol. The molecule has 0 fully saturated rings. The topological polar surface area (TPSA) is 111 Å². The van der Waals surface area contributed by atoms with E-state index in [1.165, 1.54) is 89.9 Å². The fraction of sp³-hybridized carbons (Fsp3) is 0.765. The van der Waals surface area contributed by atoms with Gasteiger partial charge < -0.3 is 27.9 Å². The molecule has 2 unspecified atom stereocenters. The zero-order valence-electron chi connectivity index (χ0n) is 39.8. The summed E-state index contributed by atoms with van der Waals surface area (Å²) in [5.74, 6) is -0.840. The van der Waals surface area contributed by atoms with Crippen LogP contribution in [-0.2, 0) is 32.7 Å². The molecule has 10 heteroatoms. The second-order valence-corrected chi connectivity index (χ2v) is 18.9. The van der Waals surface area contributed by atoms with Crippen LogP contribution in [0.4, 0.5) is 0 Å². The first-order valence-corrected chi connectivity index (χ1v) is 26.0. The van der Waals surface area contributed by atoms with E-state index in [9.17, 15) is 19.0 Å². The molecule has 0 saturated carbocycles. The van der Waals surface area contributed by atoms with E-state index in [2.05, 4.69) is 74.6 Å². The Balaban J connectivity index is 4.24.